The van der Waals surface area contributed by atoms with E-state index in [4.69, 9.17) is 9.41 Å². The fourth-order valence-corrected chi connectivity index (χ4v) is 3.98. The van der Waals surface area contributed by atoms with Crippen LogP contribution in [0.2, 0.25) is 0 Å². The summed E-state index contributed by atoms with van der Waals surface area (Å²) >= 11 is 0. The molecule has 3 aromatic carbocycles. The number of hydrogen-bond donors (Lipinski definition) is 3. The van der Waals surface area contributed by atoms with Gasteiger partial charge in [-0.25, -0.2) is 9.38 Å². The lowest BCUT2D eigenvalue weighted by Crippen LogP contribution is -2.32. The third kappa shape index (κ3) is 3.01. The summed E-state index contributed by atoms with van der Waals surface area (Å²) in [6.07, 6.45) is 0. The smallest absolute Gasteiger partial charge is 0.302 e. The molecule has 1 unspecified atom stereocenters. The van der Waals surface area contributed by atoms with Crippen molar-refractivity contribution in [2.75, 3.05) is 10.6 Å². The zero-order chi connectivity index (χ0) is 21.7. The van der Waals surface area contributed by atoms with Crippen LogP contribution >= 0.6 is 0 Å². The zero-order valence-electron chi connectivity index (χ0n) is 16.6. The van der Waals surface area contributed by atoms with Crippen molar-refractivity contribution < 1.29 is 8.81 Å². The number of nitrogens with one attached hydrogen (secondary N) is 3. The van der Waals surface area contributed by atoms with Gasteiger partial charge >= 0.3 is 6.01 Å². The summed E-state index contributed by atoms with van der Waals surface area (Å²) in [6, 6.07) is 20.5. The molecule has 5 aromatic rings. The summed E-state index contributed by atoms with van der Waals surface area (Å²) in [7, 11) is 0. The summed E-state index contributed by atoms with van der Waals surface area (Å²) in [6.45, 7) is 0. The number of fused-ring (bicyclic) bond motifs is 4. The molecule has 1 aliphatic rings. The van der Waals surface area contributed by atoms with Gasteiger partial charge in [-0.15, -0.1) is 0 Å². The summed E-state index contributed by atoms with van der Waals surface area (Å²) in [4.78, 5) is 25.1. The Kier molecular flexibility index (Phi) is 4.04. The Balaban J connectivity index is 1.51. The van der Waals surface area contributed by atoms with Crippen molar-refractivity contribution in [3.63, 3.8) is 0 Å². The molecule has 0 fully saturated rings. The van der Waals surface area contributed by atoms with Crippen molar-refractivity contribution >= 4 is 39.7 Å². The number of nitrogens with zero attached hydrogens (tertiary/aromatic N) is 2. The molecule has 0 spiro atoms. The Morgan fingerprint density at radius 2 is 1.75 bits per heavy atom. The first-order chi connectivity index (χ1) is 15.7. The predicted molar refractivity (Wildman–Crippen MR) is 122 cm³/mol. The van der Waals surface area contributed by atoms with E-state index in [0.29, 0.717) is 39.4 Å². The van der Waals surface area contributed by atoms with Gasteiger partial charge in [-0.3, -0.25) is 10.1 Å². The van der Waals surface area contributed by atoms with Crippen molar-refractivity contribution in [2.45, 2.75) is 6.04 Å². The summed E-state index contributed by atoms with van der Waals surface area (Å²) in [5.74, 6) is 0.0123. The van der Waals surface area contributed by atoms with Gasteiger partial charge in [-0.1, -0.05) is 42.5 Å². The van der Waals surface area contributed by atoms with E-state index in [0.717, 1.165) is 5.39 Å². The van der Waals surface area contributed by atoms with E-state index >= 15 is 0 Å². The van der Waals surface area contributed by atoms with Crippen LogP contribution in [0, 0.1) is 5.82 Å². The number of hydrogen-bond acceptors (Lipinski definition) is 6. The van der Waals surface area contributed by atoms with Gasteiger partial charge in [0.15, 0.2) is 5.58 Å². The highest BCUT2D eigenvalue weighted by Gasteiger charge is 2.28. The van der Waals surface area contributed by atoms with Crippen LogP contribution in [0.1, 0.15) is 17.2 Å². The number of rotatable bonds is 2. The maximum absolute atomic E-state index is 13.6. The van der Waals surface area contributed by atoms with E-state index in [9.17, 15) is 9.18 Å². The lowest BCUT2D eigenvalue weighted by molar-refractivity contribution is 0.624. The number of aliphatic imine (C=N–C) groups is 1. The van der Waals surface area contributed by atoms with Crippen LogP contribution in [0.15, 0.2) is 87.0 Å². The average Bonchev–Trinajstić information content (AvgIpc) is 3.21. The highest BCUT2D eigenvalue weighted by Crippen LogP contribution is 2.36. The second-order valence-corrected chi connectivity index (χ2v) is 7.46. The van der Waals surface area contributed by atoms with E-state index < -0.39 is 6.04 Å². The monoisotopic (exact) mass is 425 g/mol. The number of guanidine groups is 1. The van der Waals surface area contributed by atoms with Crippen LogP contribution in [-0.4, -0.2) is 15.9 Å². The minimum Gasteiger partial charge on any atom is -0.423 e. The molecular formula is C24H16FN5O2. The normalized spacial score (nSPS) is 15.3. The van der Waals surface area contributed by atoms with Gasteiger partial charge in [0.1, 0.15) is 17.4 Å². The van der Waals surface area contributed by atoms with Crippen LogP contribution in [-0.2, 0) is 0 Å². The molecule has 0 aliphatic carbocycles. The van der Waals surface area contributed by atoms with Crippen LogP contribution in [0.3, 0.4) is 0 Å². The Hall–Kier alpha value is -4.46. The van der Waals surface area contributed by atoms with E-state index in [1.165, 1.54) is 12.1 Å². The molecule has 0 saturated heterocycles. The number of anilines is 2. The van der Waals surface area contributed by atoms with Gasteiger partial charge in [0.25, 0.3) is 5.56 Å². The van der Waals surface area contributed by atoms with Crippen molar-refractivity contribution in [3.05, 3.63) is 100 Å². The van der Waals surface area contributed by atoms with Crippen molar-refractivity contribution in [2.24, 2.45) is 4.99 Å². The Bertz CT molecular complexity index is 1540. The highest BCUT2D eigenvalue weighted by atomic mass is 19.1. The molecule has 3 N–H and O–H groups in total. The van der Waals surface area contributed by atoms with Gasteiger partial charge in [0.2, 0.25) is 5.96 Å². The standard InChI is InChI=1S/C24H16FN5O2/c25-14-11-9-13(10-12-14)20-19-21(15-5-1-2-6-16(15)26-22(19)31)29-23(28-20)30-24-27-17-7-3-4-8-18(17)32-24/h1-12,20H,(H,26,31)(H2,27,28,29,30). The Labute approximate surface area is 180 Å². The van der Waals surface area contributed by atoms with Crippen LogP contribution in [0.25, 0.3) is 22.0 Å². The van der Waals surface area contributed by atoms with Crippen LogP contribution in [0.5, 0.6) is 0 Å². The number of oxazole rings is 1. The minimum absolute atomic E-state index is 0.259. The molecule has 0 saturated carbocycles. The first kappa shape index (κ1) is 18.3. The summed E-state index contributed by atoms with van der Waals surface area (Å²) < 4.78 is 19.3. The highest BCUT2D eigenvalue weighted by molar-refractivity contribution is 6.10. The van der Waals surface area contributed by atoms with Crippen LogP contribution in [0.4, 0.5) is 16.1 Å². The molecule has 3 heterocycles. The fraction of sp³-hybridized carbons (Fsp3) is 0.0417. The number of benzene rings is 3. The van der Waals surface area contributed by atoms with E-state index in [1.54, 1.807) is 12.1 Å². The van der Waals surface area contributed by atoms with Crippen molar-refractivity contribution in [1.29, 1.82) is 0 Å². The molecule has 32 heavy (non-hydrogen) atoms. The third-order valence-corrected chi connectivity index (χ3v) is 5.44. The van der Waals surface area contributed by atoms with E-state index in [2.05, 4.69) is 20.6 Å². The Morgan fingerprint density at radius 3 is 2.59 bits per heavy atom. The molecule has 6 rings (SSSR count). The molecule has 0 amide bonds. The molecule has 1 aliphatic heterocycles. The van der Waals surface area contributed by atoms with E-state index in [1.807, 2.05) is 48.5 Å². The Morgan fingerprint density at radius 1 is 0.969 bits per heavy atom. The maximum Gasteiger partial charge on any atom is 0.302 e. The lowest BCUT2D eigenvalue weighted by Gasteiger charge is -2.25. The lowest BCUT2D eigenvalue weighted by atomic mass is 9.95. The molecule has 0 radical (unpaired) electrons. The van der Waals surface area contributed by atoms with Gasteiger partial charge < -0.3 is 14.7 Å². The summed E-state index contributed by atoms with van der Waals surface area (Å²) in [5, 5.41) is 7.15. The second kappa shape index (κ2) is 7.05. The van der Waals surface area contributed by atoms with Gasteiger partial charge in [-0.05, 0) is 35.9 Å². The molecule has 7 nitrogen and oxygen atoms in total. The van der Waals surface area contributed by atoms with Gasteiger partial charge in [0, 0.05) is 5.39 Å². The largest absolute Gasteiger partial charge is 0.423 e. The zero-order valence-corrected chi connectivity index (χ0v) is 16.6. The van der Waals surface area contributed by atoms with Crippen LogP contribution < -0.4 is 16.2 Å². The number of halogens is 1. The topological polar surface area (TPSA) is 95.3 Å². The predicted octanol–water partition coefficient (Wildman–Crippen LogP) is 4.79. The molecule has 156 valence electrons. The maximum atomic E-state index is 13.6. The number of pyridine rings is 1. The summed E-state index contributed by atoms with van der Waals surface area (Å²) in [5.41, 5.74) is 3.57. The third-order valence-electron chi connectivity index (χ3n) is 5.44. The first-order valence-electron chi connectivity index (χ1n) is 10.0. The number of H-pyrrole nitrogens is 1. The molecular weight excluding hydrogens is 409 g/mol. The average molecular weight is 425 g/mol. The number of aromatic nitrogens is 2. The fourth-order valence-electron chi connectivity index (χ4n) is 3.98. The minimum atomic E-state index is -0.646. The molecule has 8 heteroatoms. The van der Waals surface area contributed by atoms with Gasteiger partial charge in [0.05, 0.1) is 16.8 Å². The SMILES string of the molecule is O=c1[nH]c2ccccc2c2c1C(c1ccc(F)cc1)N=C(Nc1nc3ccccc3o1)N2. The van der Waals surface area contributed by atoms with Gasteiger partial charge in [-0.2, -0.15) is 4.98 Å². The van der Waals surface area contributed by atoms with Crippen molar-refractivity contribution in [3.8, 4) is 0 Å². The number of aromatic amines is 1. The molecule has 1 atom stereocenters. The molecule has 2 aromatic heterocycles. The van der Waals surface area contributed by atoms with Crippen molar-refractivity contribution in [1.82, 2.24) is 9.97 Å². The quantitative estimate of drug-likeness (QED) is 0.378. The molecule has 0 bridgehead atoms. The number of para-hydroxylation sites is 3. The second-order valence-electron chi connectivity index (χ2n) is 7.46. The van der Waals surface area contributed by atoms with E-state index in [-0.39, 0.29) is 17.4 Å². The first-order valence-corrected chi connectivity index (χ1v) is 10.0.